The van der Waals surface area contributed by atoms with Crippen LogP contribution in [0.3, 0.4) is 0 Å². The van der Waals surface area contributed by atoms with Gasteiger partial charge in [0, 0.05) is 5.56 Å². The molecule has 2 aromatic carbocycles. The minimum atomic E-state index is -1.10. The third kappa shape index (κ3) is 3.34. The van der Waals surface area contributed by atoms with E-state index in [1.165, 1.54) is 21.3 Å². The van der Waals surface area contributed by atoms with Gasteiger partial charge in [0.15, 0.2) is 11.5 Å². The maximum atomic E-state index is 10.7. The van der Waals surface area contributed by atoms with Crippen molar-refractivity contribution < 1.29 is 23.8 Å². The average molecular weight is 356 g/mol. The van der Waals surface area contributed by atoms with E-state index in [4.69, 9.17) is 18.7 Å². The summed E-state index contributed by atoms with van der Waals surface area (Å²) in [4.78, 5) is 4.30. The molecule has 136 valence electrons. The molecule has 1 atom stereocenters. The third-order valence-electron chi connectivity index (χ3n) is 3.99. The molecule has 3 rings (SSSR count). The van der Waals surface area contributed by atoms with Crippen LogP contribution in [-0.2, 0) is 0 Å². The van der Waals surface area contributed by atoms with E-state index in [9.17, 15) is 5.11 Å². The highest BCUT2D eigenvalue weighted by molar-refractivity contribution is 5.55. The van der Waals surface area contributed by atoms with Crippen LogP contribution in [0.4, 0.5) is 0 Å². The van der Waals surface area contributed by atoms with E-state index in [0.717, 1.165) is 11.1 Å². The number of methoxy groups -OCH3 is 3. The van der Waals surface area contributed by atoms with Crippen LogP contribution in [0.1, 0.15) is 23.1 Å². The summed E-state index contributed by atoms with van der Waals surface area (Å²) in [5.41, 5.74) is 2.41. The molecule has 0 aliphatic heterocycles. The molecule has 7 heteroatoms. The van der Waals surface area contributed by atoms with Crippen molar-refractivity contribution in [3.05, 3.63) is 53.3 Å². The van der Waals surface area contributed by atoms with E-state index in [-0.39, 0.29) is 5.82 Å². The molecule has 0 fully saturated rings. The average Bonchev–Trinajstić information content (AvgIpc) is 3.16. The van der Waals surface area contributed by atoms with Crippen LogP contribution in [0.25, 0.3) is 11.5 Å². The van der Waals surface area contributed by atoms with Crippen LogP contribution < -0.4 is 14.2 Å². The Labute approximate surface area is 151 Å². The number of ether oxygens (including phenoxy) is 3. The number of hydrogen-bond donors (Lipinski definition) is 1. The lowest BCUT2D eigenvalue weighted by Gasteiger charge is -2.15. The van der Waals surface area contributed by atoms with Gasteiger partial charge in [-0.15, -0.1) is 0 Å². The number of aryl methyl sites for hydroxylation is 1. The first-order valence-corrected chi connectivity index (χ1v) is 7.96. The van der Waals surface area contributed by atoms with Gasteiger partial charge in [0.25, 0.3) is 5.89 Å². The van der Waals surface area contributed by atoms with Crippen molar-refractivity contribution in [1.29, 1.82) is 0 Å². The Morgan fingerprint density at radius 1 is 0.962 bits per heavy atom. The molecule has 0 saturated heterocycles. The molecule has 0 amide bonds. The molecule has 7 nitrogen and oxygen atoms in total. The minimum absolute atomic E-state index is 0.148. The van der Waals surface area contributed by atoms with E-state index in [2.05, 4.69) is 10.1 Å². The lowest BCUT2D eigenvalue weighted by atomic mass is 10.1. The number of nitrogens with zero attached hydrogens (tertiary/aromatic N) is 2. The number of rotatable bonds is 6. The SMILES string of the molecule is COc1cc(C(O)c2noc(-c3ccc(C)cc3)n2)cc(OC)c1OC. The summed E-state index contributed by atoms with van der Waals surface area (Å²) in [6.45, 7) is 2.00. The van der Waals surface area contributed by atoms with Crippen molar-refractivity contribution in [3.8, 4) is 28.7 Å². The molecule has 3 aromatic rings. The number of benzene rings is 2. The quantitative estimate of drug-likeness (QED) is 0.726. The molecular formula is C19H20N2O5. The standard InChI is InChI=1S/C19H20N2O5/c1-11-5-7-12(8-6-11)19-20-18(21-26-19)16(22)13-9-14(23-2)17(25-4)15(10-13)24-3/h5-10,16,22H,1-4H3. The Kier molecular flexibility index (Phi) is 5.09. The monoisotopic (exact) mass is 356 g/mol. The maximum absolute atomic E-state index is 10.7. The first-order valence-electron chi connectivity index (χ1n) is 7.96. The predicted molar refractivity (Wildman–Crippen MR) is 94.6 cm³/mol. The molecule has 0 spiro atoms. The summed E-state index contributed by atoms with van der Waals surface area (Å²) in [6.07, 6.45) is -1.10. The van der Waals surface area contributed by atoms with Crippen molar-refractivity contribution in [3.63, 3.8) is 0 Å². The molecule has 1 heterocycles. The Morgan fingerprint density at radius 2 is 1.58 bits per heavy atom. The summed E-state index contributed by atoms with van der Waals surface area (Å²) in [5, 5.41) is 14.6. The second-order valence-corrected chi connectivity index (χ2v) is 5.68. The Balaban J connectivity index is 1.94. The molecule has 0 saturated carbocycles. The first-order chi connectivity index (χ1) is 12.6. The minimum Gasteiger partial charge on any atom is -0.493 e. The molecule has 1 unspecified atom stereocenters. The van der Waals surface area contributed by atoms with Crippen LogP contribution in [0, 0.1) is 6.92 Å². The smallest absolute Gasteiger partial charge is 0.258 e. The highest BCUT2D eigenvalue weighted by Crippen LogP contribution is 2.40. The summed E-state index contributed by atoms with van der Waals surface area (Å²) in [7, 11) is 4.54. The van der Waals surface area contributed by atoms with Gasteiger partial charge in [-0.05, 0) is 36.8 Å². The number of aliphatic hydroxyl groups is 1. The fraction of sp³-hybridized carbons (Fsp3) is 0.263. The van der Waals surface area contributed by atoms with Gasteiger partial charge in [-0.1, -0.05) is 22.9 Å². The van der Waals surface area contributed by atoms with Crippen LogP contribution in [0.15, 0.2) is 40.9 Å². The highest BCUT2D eigenvalue weighted by atomic mass is 16.5. The third-order valence-corrected chi connectivity index (χ3v) is 3.99. The van der Waals surface area contributed by atoms with Gasteiger partial charge in [-0.3, -0.25) is 0 Å². The first kappa shape index (κ1) is 17.8. The Morgan fingerprint density at radius 3 is 2.12 bits per heavy atom. The summed E-state index contributed by atoms with van der Waals surface area (Å²) < 4.78 is 21.2. The molecule has 0 bridgehead atoms. The number of hydrogen-bond acceptors (Lipinski definition) is 7. The fourth-order valence-electron chi connectivity index (χ4n) is 2.57. The predicted octanol–water partition coefficient (Wildman–Crippen LogP) is 3.15. The molecule has 0 radical (unpaired) electrons. The molecule has 0 aliphatic rings. The van der Waals surface area contributed by atoms with Crippen LogP contribution in [0.2, 0.25) is 0 Å². The van der Waals surface area contributed by atoms with Crippen molar-refractivity contribution >= 4 is 0 Å². The lowest BCUT2D eigenvalue weighted by molar-refractivity contribution is 0.203. The summed E-state index contributed by atoms with van der Waals surface area (Å²) in [6, 6.07) is 11.0. The lowest BCUT2D eigenvalue weighted by Crippen LogP contribution is -2.04. The number of aliphatic hydroxyl groups excluding tert-OH is 1. The van der Waals surface area contributed by atoms with E-state index >= 15 is 0 Å². The van der Waals surface area contributed by atoms with Gasteiger partial charge in [-0.2, -0.15) is 4.98 Å². The Hall–Kier alpha value is -3.06. The van der Waals surface area contributed by atoms with E-state index < -0.39 is 6.10 Å². The highest BCUT2D eigenvalue weighted by Gasteiger charge is 2.22. The molecule has 1 N–H and O–H groups in total. The normalized spacial score (nSPS) is 11.9. The largest absolute Gasteiger partial charge is 0.493 e. The molecular weight excluding hydrogens is 336 g/mol. The Bertz CT molecular complexity index is 864. The van der Waals surface area contributed by atoms with Crippen LogP contribution >= 0.6 is 0 Å². The zero-order chi connectivity index (χ0) is 18.7. The van der Waals surface area contributed by atoms with Crippen molar-refractivity contribution in [1.82, 2.24) is 10.1 Å². The maximum Gasteiger partial charge on any atom is 0.258 e. The fourth-order valence-corrected chi connectivity index (χ4v) is 2.57. The number of aromatic nitrogens is 2. The zero-order valence-corrected chi connectivity index (χ0v) is 15.0. The summed E-state index contributed by atoms with van der Waals surface area (Å²) in [5.74, 6) is 1.80. The van der Waals surface area contributed by atoms with Gasteiger partial charge >= 0.3 is 0 Å². The van der Waals surface area contributed by atoms with Crippen molar-refractivity contribution in [2.24, 2.45) is 0 Å². The van der Waals surface area contributed by atoms with E-state index in [1.54, 1.807) is 12.1 Å². The molecule has 1 aromatic heterocycles. The molecule has 26 heavy (non-hydrogen) atoms. The van der Waals surface area contributed by atoms with Crippen LogP contribution in [-0.4, -0.2) is 36.6 Å². The van der Waals surface area contributed by atoms with Gasteiger partial charge in [0.05, 0.1) is 21.3 Å². The zero-order valence-electron chi connectivity index (χ0n) is 15.0. The van der Waals surface area contributed by atoms with Gasteiger partial charge < -0.3 is 23.8 Å². The van der Waals surface area contributed by atoms with Gasteiger partial charge in [0.1, 0.15) is 6.10 Å². The second kappa shape index (κ2) is 7.45. The van der Waals surface area contributed by atoms with Crippen molar-refractivity contribution in [2.75, 3.05) is 21.3 Å². The topological polar surface area (TPSA) is 86.8 Å². The van der Waals surface area contributed by atoms with E-state index in [1.807, 2.05) is 31.2 Å². The second-order valence-electron chi connectivity index (χ2n) is 5.68. The summed E-state index contributed by atoms with van der Waals surface area (Å²) >= 11 is 0. The van der Waals surface area contributed by atoms with Crippen LogP contribution in [0.5, 0.6) is 17.2 Å². The van der Waals surface area contributed by atoms with Crippen molar-refractivity contribution in [2.45, 2.75) is 13.0 Å². The van der Waals surface area contributed by atoms with E-state index in [0.29, 0.717) is 28.7 Å². The molecule has 0 aliphatic carbocycles. The van der Waals surface area contributed by atoms with Gasteiger partial charge in [0.2, 0.25) is 11.6 Å². The van der Waals surface area contributed by atoms with Gasteiger partial charge in [-0.25, -0.2) is 0 Å².